The lowest BCUT2D eigenvalue weighted by Crippen LogP contribution is -2.44. The van der Waals surface area contributed by atoms with Gasteiger partial charge in [-0.2, -0.15) is 4.98 Å². The molecule has 9 heteroatoms. The number of aryl methyl sites for hydroxylation is 2. The van der Waals surface area contributed by atoms with E-state index in [0.29, 0.717) is 30.7 Å². The number of aromatic nitrogens is 4. The van der Waals surface area contributed by atoms with Gasteiger partial charge in [0.1, 0.15) is 18.9 Å². The van der Waals surface area contributed by atoms with E-state index in [0.717, 1.165) is 78.9 Å². The van der Waals surface area contributed by atoms with Gasteiger partial charge in [-0.15, -0.1) is 0 Å². The van der Waals surface area contributed by atoms with Crippen LogP contribution in [-0.4, -0.2) is 38.8 Å². The van der Waals surface area contributed by atoms with Gasteiger partial charge in [-0.25, -0.2) is 4.79 Å². The van der Waals surface area contributed by atoms with Crippen LogP contribution < -0.4 is 20.1 Å². The van der Waals surface area contributed by atoms with E-state index < -0.39 is 0 Å². The van der Waals surface area contributed by atoms with Gasteiger partial charge in [-0.1, -0.05) is 121 Å². The summed E-state index contributed by atoms with van der Waals surface area (Å²) < 4.78 is 22.4. The van der Waals surface area contributed by atoms with E-state index in [1.54, 1.807) is 15.2 Å². The van der Waals surface area contributed by atoms with Crippen molar-refractivity contribution in [2.45, 2.75) is 99.9 Å². The van der Waals surface area contributed by atoms with Crippen LogP contribution in [0.25, 0.3) is 16.7 Å². The van der Waals surface area contributed by atoms with Crippen molar-refractivity contribution in [2.75, 3.05) is 24.6 Å². The van der Waals surface area contributed by atoms with Crippen molar-refractivity contribution in [3.05, 3.63) is 142 Å². The molecule has 0 saturated carbocycles. The van der Waals surface area contributed by atoms with Crippen molar-refractivity contribution < 1.29 is 14.2 Å². The average molecular weight is 786 g/mol. The minimum absolute atomic E-state index is 0.116. The summed E-state index contributed by atoms with van der Waals surface area (Å²) in [4.78, 5) is 25.8. The quantitative estimate of drug-likeness (QED) is 0.144. The number of piperidine rings is 1. The van der Waals surface area contributed by atoms with Gasteiger partial charge in [0.25, 0.3) is 0 Å². The Morgan fingerprint density at radius 1 is 0.759 bits per heavy atom. The highest BCUT2D eigenvalue weighted by molar-refractivity contribution is 5.91. The highest BCUT2D eigenvalue weighted by Crippen LogP contribution is 2.45. The number of ether oxygens (including phenoxy) is 3. The third-order valence-corrected chi connectivity index (χ3v) is 10.5. The number of pyridine rings is 2. The van der Waals surface area contributed by atoms with Crippen LogP contribution in [0.5, 0.6) is 11.8 Å². The van der Waals surface area contributed by atoms with E-state index in [9.17, 15) is 4.79 Å². The van der Waals surface area contributed by atoms with E-state index in [-0.39, 0.29) is 17.2 Å². The summed E-state index contributed by atoms with van der Waals surface area (Å²) in [7, 11) is 1.85. The smallest absolute Gasteiger partial charge is 0.333 e. The minimum atomic E-state index is -0.160. The summed E-state index contributed by atoms with van der Waals surface area (Å²) in [5.74, 6) is 0.761. The minimum Gasteiger partial charge on any atom is -0.473 e. The van der Waals surface area contributed by atoms with Gasteiger partial charge in [0.05, 0.1) is 29.4 Å². The first kappa shape index (κ1) is 43.7. The molecule has 9 nitrogen and oxygen atoms in total. The maximum absolute atomic E-state index is 14.1. The second kappa shape index (κ2) is 21.4. The second-order valence-electron chi connectivity index (χ2n) is 14.6. The largest absolute Gasteiger partial charge is 0.473 e. The molecule has 2 aliphatic rings. The van der Waals surface area contributed by atoms with E-state index in [1.165, 1.54) is 12.0 Å². The maximum atomic E-state index is 14.1. The van der Waals surface area contributed by atoms with Crippen LogP contribution in [0, 0.1) is 12.3 Å². The first-order valence-corrected chi connectivity index (χ1v) is 21.2. The fraction of sp³-hybridized carbons (Fsp3) is 0.408. The van der Waals surface area contributed by atoms with Crippen molar-refractivity contribution in [1.82, 2.24) is 19.1 Å². The number of anilines is 1. The first-order valence-electron chi connectivity index (χ1n) is 21.2. The third-order valence-electron chi connectivity index (χ3n) is 10.5. The standard InChI is InChI=1S/C42H43N5O4.C3H8.2C2H6/c1-30-16-17-33(26-43-30)37-20-21-42(29-51-37)22-24-46(25-23-42)34-14-9-15-35-39(34)45(2)41(48)47(35)36-18-19-38(49-27-31-10-5-3-6-11-31)44-40(36)50-28-32-12-7-4-8-13-32;1-3-2;2*1-2/h3-19,26,37H,20-25,27-29H2,1-2H3;3H2,1-2H3;2*1-2H3. The van der Waals surface area contributed by atoms with Gasteiger partial charge in [0.15, 0.2) is 0 Å². The molecule has 0 aliphatic carbocycles. The molecule has 0 radical (unpaired) electrons. The summed E-state index contributed by atoms with van der Waals surface area (Å²) in [6.45, 7) is 17.5. The lowest BCUT2D eigenvalue weighted by Gasteiger charge is -2.46. The van der Waals surface area contributed by atoms with Gasteiger partial charge in [-0.3, -0.25) is 14.1 Å². The first-order chi connectivity index (χ1) is 28.4. The number of hydrogen-bond acceptors (Lipinski definition) is 7. The van der Waals surface area contributed by atoms with Crippen molar-refractivity contribution in [3.63, 3.8) is 0 Å². The molecule has 1 spiro atoms. The fourth-order valence-electron chi connectivity index (χ4n) is 7.53. The molecule has 5 heterocycles. The number of fused-ring (bicyclic) bond motifs is 1. The summed E-state index contributed by atoms with van der Waals surface area (Å²) in [5.41, 5.74) is 7.58. The predicted molar refractivity (Wildman–Crippen MR) is 237 cm³/mol. The summed E-state index contributed by atoms with van der Waals surface area (Å²) in [6, 6.07) is 34.0. The molecular formula is C49H63N5O4. The van der Waals surface area contributed by atoms with Crippen molar-refractivity contribution in [1.29, 1.82) is 0 Å². The molecule has 2 saturated heterocycles. The number of hydrogen-bond donors (Lipinski definition) is 0. The van der Waals surface area contributed by atoms with Crippen LogP contribution >= 0.6 is 0 Å². The molecular weight excluding hydrogens is 723 g/mol. The Bertz CT molecular complexity index is 2180. The maximum Gasteiger partial charge on any atom is 0.333 e. The molecule has 0 bridgehead atoms. The van der Waals surface area contributed by atoms with E-state index >= 15 is 0 Å². The Balaban J connectivity index is 0.000000864. The summed E-state index contributed by atoms with van der Waals surface area (Å²) in [5, 5.41) is 0. The number of imidazole rings is 1. The molecule has 1 atom stereocenters. The Morgan fingerprint density at radius 3 is 1.98 bits per heavy atom. The molecule has 1 unspecified atom stereocenters. The Kier molecular flexibility index (Phi) is 16.1. The normalized spacial score (nSPS) is 15.6. The topological polar surface area (TPSA) is 83.6 Å². The van der Waals surface area contributed by atoms with E-state index in [4.69, 9.17) is 19.2 Å². The van der Waals surface area contributed by atoms with Gasteiger partial charge in [-0.05, 0) is 79.0 Å². The zero-order valence-corrected chi connectivity index (χ0v) is 35.9. The number of benzene rings is 3. The van der Waals surface area contributed by atoms with Gasteiger partial charge >= 0.3 is 5.69 Å². The number of nitrogens with zero attached hydrogens (tertiary/aromatic N) is 5. The van der Waals surface area contributed by atoms with E-state index in [1.807, 2.05) is 127 Å². The van der Waals surface area contributed by atoms with Crippen LogP contribution in [0.1, 0.15) is 102 Å². The SMILES string of the molecule is CC.CC.CCC.Cc1ccc(C2CCC3(CCN(c4cccc5c4n(C)c(=O)n5-c4ccc(OCc5ccccc5)nc4OCc4ccccc4)CC3)CO2)cn1. The second-order valence-corrected chi connectivity index (χ2v) is 14.6. The molecule has 3 aromatic heterocycles. The summed E-state index contributed by atoms with van der Waals surface area (Å²) >= 11 is 0. The Hall–Kier alpha value is -5.41. The zero-order chi connectivity index (χ0) is 41.5. The monoisotopic (exact) mass is 785 g/mol. The molecule has 6 aromatic rings. The third kappa shape index (κ3) is 10.4. The lowest BCUT2D eigenvalue weighted by atomic mass is 9.73. The van der Waals surface area contributed by atoms with Crippen LogP contribution in [0.15, 0.2) is 114 Å². The highest BCUT2D eigenvalue weighted by atomic mass is 16.5. The van der Waals surface area contributed by atoms with Gasteiger partial charge in [0.2, 0.25) is 11.8 Å². The molecule has 308 valence electrons. The molecule has 0 N–H and O–H groups in total. The molecule has 58 heavy (non-hydrogen) atoms. The Labute approximate surface area is 345 Å². The number of rotatable bonds is 9. The summed E-state index contributed by atoms with van der Waals surface area (Å²) in [6.07, 6.45) is 7.56. The molecule has 2 fully saturated rings. The molecule has 0 amide bonds. The Morgan fingerprint density at radius 2 is 1.40 bits per heavy atom. The van der Waals surface area contributed by atoms with Gasteiger partial charge in [0, 0.05) is 38.1 Å². The molecule has 2 aliphatic heterocycles. The van der Waals surface area contributed by atoms with Crippen LogP contribution in [0.2, 0.25) is 0 Å². The van der Waals surface area contributed by atoms with Crippen LogP contribution in [0.3, 0.4) is 0 Å². The van der Waals surface area contributed by atoms with Gasteiger partial charge < -0.3 is 19.1 Å². The van der Waals surface area contributed by atoms with Crippen LogP contribution in [0.4, 0.5) is 5.69 Å². The van der Waals surface area contributed by atoms with Crippen LogP contribution in [-0.2, 0) is 25.0 Å². The number of para-hydroxylation sites is 1. The van der Waals surface area contributed by atoms with Crippen molar-refractivity contribution in [2.24, 2.45) is 12.5 Å². The zero-order valence-electron chi connectivity index (χ0n) is 35.9. The molecule has 8 rings (SSSR count). The van der Waals surface area contributed by atoms with E-state index in [2.05, 4.69) is 41.9 Å². The van der Waals surface area contributed by atoms with Crippen molar-refractivity contribution in [3.8, 4) is 17.4 Å². The fourth-order valence-corrected chi connectivity index (χ4v) is 7.53. The lowest BCUT2D eigenvalue weighted by molar-refractivity contribution is -0.0740. The average Bonchev–Trinajstić information content (AvgIpc) is 3.54. The highest BCUT2D eigenvalue weighted by Gasteiger charge is 2.40. The predicted octanol–water partition coefficient (Wildman–Crippen LogP) is 11.2. The molecule has 3 aromatic carbocycles. The van der Waals surface area contributed by atoms with Crippen molar-refractivity contribution >= 4 is 16.7 Å².